The molecular weight excluding hydrogens is 84.8 g/mol. The fraction of sp³-hybridized carbons (Fsp3) is 1.00. The van der Waals surface area contributed by atoms with Crippen LogP contribution in [0.5, 0.6) is 0 Å². The van der Waals surface area contributed by atoms with E-state index in [1.807, 2.05) is 9.24 Å². The average Bonchev–Trinajstić information content (AvgIpc) is 0.722. The molecule has 0 heterocycles. The minimum absolute atomic E-state index is 1.26. The molecule has 3 heteroatoms. The molecule has 0 saturated carbocycles. The summed E-state index contributed by atoms with van der Waals surface area (Å²) in [6, 6.07) is 0. The van der Waals surface area contributed by atoms with Gasteiger partial charge in [-0.05, 0) is 6.92 Å². The summed E-state index contributed by atoms with van der Waals surface area (Å²) >= 11 is 0. The van der Waals surface area contributed by atoms with Gasteiger partial charge in [0, 0.05) is 0 Å². The highest BCUT2D eigenvalue weighted by atomic mass is 31.0. The Labute approximate surface area is 34.8 Å². The highest BCUT2D eigenvalue weighted by Crippen LogP contribution is 2.11. The molecule has 0 aliphatic rings. The standard InChI is InChI=1S/C2H5BFP/c1-2(3,4)5/h5H2,1H3. The normalized spacial score (nSPS) is 21.4. The van der Waals surface area contributed by atoms with Crippen LogP contribution in [0.25, 0.3) is 0 Å². The SMILES string of the molecule is [B]C(C)(F)P. The quantitative estimate of drug-likeness (QED) is 0.303. The lowest BCUT2D eigenvalue weighted by Gasteiger charge is -2.00. The van der Waals surface area contributed by atoms with Crippen LogP contribution in [-0.2, 0) is 0 Å². The Morgan fingerprint density at radius 1 is 2.00 bits per heavy atom. The zero-order valence-corrected chi connectivity index (χ0v) is 4.19. The van der Waals surface area contributed by atoms with E-state index in [9.17, 15) is 4.39 Å². The van der Waals surface area contributed by atoms with Gasteiger partial charge in [0.15, 0.2) is 0 Å². The van der Waals surface area contributed by atoms with Crippen LogP contribution in [0.3, 0.4) is 0 Å². The van der Waals surface area contributed by atoms with Gasteiger partial charge in [-0.15, -0.1) is 9.24 Å². The Balaban J connectivity index is 3.02. The maximum atomic E-state index is 11.4. The summed E-state index contributed by atoms with van der Waals surface area (Å²) in [7, 11) is 6.48. The van der Waals surface area contributed by atoms with E-state index in [4.69, 9.17) is 0 Å². The van der Waals surface area contributed by atoms with Crippen LogP contribution in [-0.4, -0.2) is 13.2 Å². The lowest BCUT2D eigenvalue weighted by Crippen LogP contribution is -2.03. The number of halogens is 1. The molecule has 2 radical (unpaired) electrons. The molecule has 2 unspecified atom stereocenters. The minimum atomic E-state index is -1.58. The molecule has 0 bridgehead atoms. The van der Waals surface area contributed by atoms with E-state index in [1.54, 1.807) is 0 Å². The first-order chi connectivity index (χ1) is 2.00. The molecule has 0 nitrogen and oxygen atoms in total. The van der Waals surface area contributed by atoms with E-state index < -0.39 is 5.31 Å². The van der Waals surface area contributed by atoms with Crippen molar-refractivity contribution < 1.29 is 4.39 Å². The first kappa shape index (κ1) is 5.42. The third kappa shape index (κ3) is 144. The van der Waals surface area contributed by atoms with Crippen LogP contribution in [0.2, 0.25) is 0 Å². The minimum Gasteiger partial charge on any atom is -0.251 e. The molecule has 5 heavy (non-hydrogen) atoms. The number of rotatable bonds is 0. The van der Waals surface area contributed by atoms with Gasteiger partial charge >= 0.3 is 0 Å². The van der Waals surface area contributed by atoms with E-state index in [-0.39, 0.29) is 0 Å². The molecule has 0 fully saturated rings. The maximum absolute atomic E-state index is 11.4. The third-order valence-corrected chi connectivity index (χ3v) is 0. The van der Waals surface area contributed by atoms with Crippen molar-refractivity contribution in [3.05, 3.63) is 0 Å². The zero-order chi connectivity index (χ0) is 4.50. The molecule has 0 saturated heterocycles. The summed E-state index contributed by atoms with van der Waals surface area (Å²) in [4.78, 5) is 0. The maximum Gasteiger partial charge on any atom is 0.126 e. The smallest absolute Gasteiger partial charge is 0.126 e. The molecule has 0 aromatic rings. The Bertz CT molecular complexity index is 25.1. The zero-order valence-electron chi connectivity index (χ0n) is 3.03. The van der Waals surface area contributed by atoms with Crippen LogP contribution >= 0.6 is 9.24 Å². The molecule has 0 N–H and O–H groups in total. The molecule has 0 aromatic heterocycles. The largest absolute Gasteiger partial charge is 0.251 e. The molecule has 0 amide bonds. The van der Waals surface area contributed by atoms with Crippen LogP contribution in [0.4, 0.5) is 4.39 Å². The van der Waals surface area contributed by atoms with Crippen LogP contribution < -0.4 is 0 Å². The Morgan fingerprint density at radius 3 is 2.00 bits per heavy atom. The first-order valence-corrected chi connectivity index (χ1v) is 1.84. The lowest BCUT2D eigenvalue weighted by atomic mass is 10.0. The first-order valence-electron chi connectivity index (χ1n) is 1.27. The molecule has 2 atom stereocenters. The highest BCUT2D eigenvalue weighted by molar-refractivity contribution is 7.21. The lowest BCUT2D eigenvalue weighted by molar-refractivity contribution is 0.431. The summed E-state index contributed by atoms with van der Waals surface area (Å²) in [5.41, 5.74) is 0. The van der Waals surface area contributed by atoms with E-state index in [1.165, 1.54) is 6.92 Å². The summed E-state index contributed by atoms with van der Waals surface area (Å²) in [6.07, 6.45) is 0. The van der Waals surface area contributed by atoms with E-state index in [0.29, 0.717) is 0 Å². The van der Waals surface area contributed by atoms with Gasteiger partial charge in [0.2, 0.25) is 0 Å². The van der Waals surface area contributed by atoms with Crippen molar-refractivity contribution in [3.63, 3.8) is 0 Å². The second-order valence-electron chi connectivity index (χ2n) is 1.15. The Hall–Kier alpha value is 0.425. The van der Waals surface area contributed by atoms with E-state index in [0.717, 1.165) is 0 Å². The molecule has 0 aliphatic carbocycles. The third-order valence-electron chi connectivity index (χ3n) is 0. The van der Waals surface area contributed by atoms with Crippen LogP contribution in [0.1, 0.15) is 6.92 Å². The number of hydrogen-bond acceptors (Lipinski definition) is 0. The molecule has 0 spiro atoms. The van der Waals surface area contributed by atoms with Crippen molar-refractivity contribution in [2.24, 2.45) is 0 Å². The summed E-state index contributed by atoms with van der Waals surface area (Å²) in [5.74, 6) is 0. The van der Waals surface area contributed by atoms with Crippen LogP contribution in [0.15, 0.2) is 0 Å². The van der Waals surface area contributed by atoms with Gasteiger partial charge in [-0.3, -0.25) is 4.39 Å². The number of alkyl halides is 1. The van der Waals surface area contributed by atoms with Crippen molar-refractivity contribution in [1.82, 2.24) is 0 Å². The number of hydrogen-bond donors (Lipinski definition) is 0. The summed E-state index contributed by atoms with van der Waals surface area (Å²) in [6.45, 7) is 1.26. The Kier molecular flexibility index (Phi) is 1.36. The van der Waals surface area contributed by atoms with Gasteiger partial charge in [0.25, 0.3) is 0 Å². The highest BCUT2D eigenvalue weighted by Gasteiger charge is 2.01. The van der Waals surface area contributed by atoms with E-state index >= 15 is 0 Å². The van der Waals surface area contributed by atoms with Gasteiger partial charge in [0.1, 0.15) is 7.85 Å². The van der Waals surface area contributed by atoms with Gasteiger partial charge in [-0.25, -0.2) is 0 Å². The average molecular weight is 89.8 g/mol. The predicted octanol–water partition coefficient (Wildman–Crippen LogP) is 0.673. The summed E-state index contributed by atoms with van der Waals surface area (Å²) in [5, 5.41) is -1.58. The van der Waals surface area contributed by atoms with Gasteiger partial charge in [-0.2, -0.15) is 0 Å². The van der Waals surface area contributed by atoms with Gasteiger partial charge in [0.05, 0.1) is 5.31 Å². The molecule has 0 aliphatic heterocycles. The fourth-order valence-corrected chi connectivity index (χ4v) is 0. The monoisotopic (exact) mass is 90.0 g/mol. The van der Waals surface area contributed by atoms with Crippen molar-refractivity contribution in [1.29, 1.82) is 0 Å². The summed E-state index contributed by atoms with van der Waals surface area (Å²) < 4.78 is 11.4. The second-order valence-corrected chi connectivity index (χ2v) is 2.28. The molecule has 0 rings (SSSR count). The fourth-order valence-electron chi connectivity index (χ4n) is 0. The van der Waals surface area contributed by atoms with Gasteiger partial charge < -0.3 is 0 Å². The van der Waals surface area contributed by atoms with Gasteiger partial charge in [-0.1, -0.05) is 0 Å². The van der Waals surface area contributed by atoms with Crippen LogP contribution in [0, 0.1) is 0 Å². The van der Waals surface area contributed by atoms with Crippen molar-refractivity contribution in [3.8, 4) is 0 Å². The van der Waals surface area contributed by atoms with E-state index in [2.05, 4.69) is 7.85 Å². The predicted molar refractivity (Wildman–Crippen MR) is 25.0 cm³/mol. The molecule has 28 valence electrons. The van der Waals surface area contributed by atoms with Crippen molar-refractivity contribution >= 4 is 17.1 Å². The Morgan fingerprint density at radius 2 is 2.00 bits per heavy atom. The van der Waals surface area contributed by atoms with Crippen molar-refractivity contribution in [2.75, 3.05) is 0 Å². The second kappa shape index (κ2) is 1.26. The van der Waals surface area contributed by atoms with Crippen molar-refractivity contribution in [2.45, 2.75) is 12.2 Å². The molecule has 0 aromatic carbocycles. The molecular formula is C2H5BFP. The topological polar surface area (TPSA) is 0 Å².